The standard InChI is InChI=1S/C26H37N7O5/c27-11-5-4-9-20(26(37)38)31-24(35)22-10-6-12-33(22)25(36)21(13-17-7-2-1-3-8-17)32-23(34)19(28)14-18-15-29-16-30-18/h1-3,7-8,15-16,19-22H,4-6,9-14,27-28H2,(H,29,30)(H,31,35)(H,32,34)(H,37,38). The molecule has 38 heavy (non-hydrogen) atoms. The molecule has 8 N–H and O–H groups in total. The van der Waals surface area contributed by atoms with Crippen LogP contribution in [-0.2, 0) is 32.0 Å². The highest BCUT2D eigenvalue weighted by Crippen LogP contribution is 2.20. The summed E-state index contributed by atoms with van der Waals surface area (Å²) in [5.41, 5.74) is 13.1. The van der Waals surface area contributed by atoms with E-state index in [9.17, 15) is 24.3 Å². The summed E-state index contributed by atoms with van der Waals surface area (Å²) in [5, 5.41) is 14.9. The number of nitrogens with one attached hydrogen (secondary N) is 3. The second-order valence-corrected chi connectivity index (χ2v) is 9.51. The van der Waals surface area contributed by atoms with Gasteiger partial charge in [0.1, 0.15) is 18.1 Å². The molecule has 1 aromatic carbocycles. The van der Waals surface area contributed by atoms with Crippen LogP contribution in [0.3, 0.4) is 0 Å². The maximum atomic E-state index is 13.7. The van der Waals surface area contributed by atoms with E-state index in [0.29, 0.717) is 44.5 Å². The molecular formula is C26H37N7O5. The van der Waals surface area contributed by atoms with Crippen molar-refractivity contribution in [3.63, 3.8) is 0 Å². The maximum Gasteiger partial charge on any atom is 0.326 e. The lowest BCUT2D eigenvalue weighted by Crippen LogP contribution is -2.57. The van der Waals surface area contributed by atoms with Crippen molar-refractivity contribution in [2.45, 2.75) is 69.1 Å². The van der Waals surface area contributed by atoms with Crippen molar-refractivity contribution in [2.24, 2.45) is 11.5 Å². The number of unbranched alkanes of at least 4 members (excludes halogenated alkanes) is 1. The molecule has 3 amide bonds. The van der Waals surface area contributed by atoms with E-state index in [1.165, 1.54) is 11.2 Å². The average Bonchev–Trinajstić information content (AvgIpc) is 3.60. The summed E-state index contributed by atoms with van der Waals surface area (Å²) >= 11 is 0. The number of carboxylic acid groups (broad SMARTS) is 1. The normalized spacial score (nSPS) is 17.4. The fourth-order valence-electron chi connectivity index (χ4n) is 4.58. The lowest BCUT2D eigenvalue weighted by Gasteiger charge is -2.30. The molecule has 1 aromatic heterocycles. The summed E-state index contributed by atoms with van der Waals surface area (Å²) in [4.78, 5) is 59.7. The zero-order chi connectivity index (χ0) is 27.5. The van der Waals surface area contributed by atoms with Gasteiger partial charge in [0.25, 0.3) is 0 Å². The summed E-state index contributed by atoms with van der Waals surface area (Å²) in [6.07, 6.45) is 5.94. The van der Waals surface area contributed by atoms with E-state index in [1.807, 2.05) is 30.3 Å². The van der Waals surface area contributed by atoms with Crippen molar-refractivity contribution in [3.8, 4) is 0 Å². The third kappa shape index (κ3) is 8.12. The van der Waals surface area contributed by atoms with Crippen molar-refractivity contribution in [3.05, 3.63) is 54.1 Å². The van der Waals surface area contributed by atoms with Gasteiger partial charge in [-0.15, -0.1) is 0 Å². The highest BCUT2D eigenvalue weighted by molar-refractivity contribution is 5.94. The summed E-state index contributed by atoms with van der Waals surface area (Å²) in [5.74, 6) is -2.56. The third-order valence-electron chi connectivity index (χ3n) is 6.63. The lowest BCUT2D eigenvalue weighted by molar-refractivity contribution is -0.145. The van der Waals surface area contributed by atoms with Crippen LogP contribution in [0, 0.1) is 0 Å². The highest BCUT2D eigenvalue weighted by Gasteiger charge is 2.39. The molecule has 12 nitrogen and oxygen atoms in total. The van der Waals surface area contributed by atoms with Crippen LogP contribution in [0.4, 0.5) is 0 Å². The predicted molar refractivity (Wildman–Crippen MR) is 140 cm³/mol. The number of H-pyrrole nitrogens is 1. The number of aromatic nitrogens is 2. The summed E-state index contributed by atoms with van der Waals surface area (Å²) in [6.45, 7) is 0.758. The van der Waals surface area contributed by atoms with Gasteiger partial charge in [-0.2, -0.15) is 0 Å². The van der Waals surface area contributed by atoms with Crippen LogP contribution in [0.5, 0.6) is 0 Å². The zero-order valence-electron chi connectivity index (χ0n) is 21.3. The van der Waals surface area contributed by atoms with E-state index in [1.54, 1.807) is 6.20 Å². The molecule has 206 valence electrons. The van der Waals surface area contributed by atoms with E-state index in [2.05, 4.69) is 20.6 Å². The Bertz CT molecular complexity index is 1060. The average molecular weight is 528 g/mol. The molecule has 1 saturated heterocycles. The van der Waals surface area contributed by atoms with Gasteiger partial charge >= 0.3 is 5.97 Å². The van der Waals surface area contributed by atoms with Gasteiger partial charge in [-0.25, -0.2) is 9.78 Å². The molecule has 4 unspecified atom stereocenters. The Morgan fingerprint density at radius 2 is 1.87 bits per heavy atom. The van der Waals surface area contributed by atoms with Gasteiger partial charge in [0.2, 0.25) is 17.7 Å². The van der Waals surface area contributed by atoms with Crippen molar-refractivity contribution in [1.82, 2.24) is 25.5 Å². The number of carboxylic acids is 1. The Hall–Kier alpha value is -3.77. The topological polar surface area (TPSA) is 197 Å². The summed E-state index contributed by atoms with van der Waals surface area (Å²) < 4.78 is 0. The SMILES string of the molecule is NCCCCC(NC(=O)C1CCCN1C(=O)C(Cc1ccccc1)NC(=O)C(N)Cc1cnc[nH]1)C(=O)O. The van der Waals surface area contributed by atoms with Gasteiger partial charge in [0.15, 0.2) is 0 Å². The molecule has 12 heteroatoms. The van der Waals surface area contributed by atoms with Crippen LogP contribution in [0.15, 0.2) is 42.9 Å². The van der Waals surface area contributed by atoms with Crippen LogP contribution < -0.4 is 22.1 Å². The minimum atomic E-state index is -1.13. The van der Waals surface area contributed by atoms with Crippen molar-refractivity contribution < 1.29 is 24.3 Å². The third-order valence-corrected chi connectivity index (χ3v) is 6.63. The van der Waals surface area contributed by atoms with Gasteiger partial charge < -0.3 is 37.1 Å². The number of hydrogen-bond acceptors (Lipinski definition) is 7. The Morgan fingerprint density at radius 3 is 2.53 bits per heavy atom. The Kier molecular flexibility index (Phi) is 10.8. The number of aliphatic carboxylic acids is 1. The van der Waals surface area contributed by atoms with Crippen LogP contribution in [0.2, 0.25) is 0 Å². The molecule has 1 aliphatic heterocycles. The molecule has 0 radical (unpaired) electrons. The molecule has 0 spiro atoms. The minimum Gasteiger partial charge on any atom is -0.480 e. The van der Waals surface area contributed by atoms with Crippen molar-refractivity contribution in [1.29, 1.82) is 0 Å². The number of imidazole rings is 1. The smallest absolute Gasteiger partial charge is 0.326 e. The van der Waals surface area contributed by atoms with E-state index in [-0.39, 0.29) is 19.3 Å². The molecule has 0 saturated carbocycles. The van der Waals surface area contributed by atoms with E-state index < -0.39 is 47.9 Å². The molecule has 2 heterocycles. The molecule has 1 aliphatic rings. The lowest BCUT2D eigenvalue weighted by atomic mass is 10.0. The number of likely N-dealkylation sites (tertiary alicyclic amines) is 1. The fourth-order valence-corrected chi connectivity index (χ4v) is 4.58. The highest BCUT2D eigenvalue weighted by atomic mass is 16.4. The number of hydrogen-bond donors (Lipinski definition) is 6. The van der Waals surface area contributed by atoms with Gasteiger partial charge in [-0.1, -0.05) is 30.3 Å². The molecule has 2 aromatic rings. The molecule has 3 rings (SSSR count). The molecule has 0 aliphatic carbocycles. The molecule has 1 fully saturated rings. The fraction of sp³-hybridized carbons (Fsp3) is 0.500. The number of aromatic amines is 1. The number of carbonyl (C=O) groups excluding carboxylic acids is 3. The Morgan fingerprint density at radius 1 is 1.11 bits per heavy atom. The van der Waals surface area contributed by atoms with Gasteiger partial charge in [0, 0.05) is 31.3 Å². The summed E-state index contributed by atoms with van der Waals surface area (Å²) in [7, 11) is 0. The molecule has 0 bridgehead atoms. The maximum absolute atomic E-state index is 13.7. The minimum absolute atomic E-state index is 0.212. The first-order valence-corrected chi connectivity index (χ1v) is 12.9. The van der Waals surface area contributed by atoms with Gasteiger partial charge in [-0.05, 0) is 44.2 Å². The Balaban J connectivity index is 1.72. The quantitative estimate of drug-likeness (QED) is 0.180. The van der Waals surface area contributed by atoms with Crippen LogP contribution in [0.1, 0.15) is 43.4 Å². The first kappa shape index (κ1) is 28.8. The van der Waals surface area contributed by atoms with E-state index in [0.717, 1.165) is 5.56 Å². The Labute approximate surface area is 221 Å². The molecular weight excluding hydrogens is 490 g/mol. The second-order valence-electron chi connectivity index (χ2n) is 9.51. The van der Waals surface area contributed by atoms with Crippen molar-refractivity contribution in [2.75, 3.05) is 13.1 Å². The van der Waals surface area contributed by atoms with E-state index >= 15 is 0 Å². The van der Waals surface area contributed by atoms with Crippen LogP contribution in [-0.4, -0.2) is 80.9 Å². The van der Waals surface area contributed by atoms with Crippen molar-refractivity contribution >= 4 is 23.7 Å². The second kappa shape index (κ2) is 14.2. The zero-order valence-corrected chi connectivity index (χ0v) is 21.3. The van der Waals surface area contributed by atoms with Crippen LogP contribution >= 0.6 is 0 Å². The van der Waals surface area contributed by atoms with Crippen LogP contribution in [0.25, 0.3) is 0 Å². The number of nitrogens with zero attached hydrogens (tertiary/aromatic N) is 2. The number of carbonyl (C=O) groups is 4. The number of nitrogens with two attached hydrogens (primary N) is 2. The molecule has 4 atom stereocenters. The first-order chi connectivity index (χ1) is 18.3. The van der Waals surface area contributed by atoms with Gasteiger partial charge in [0.05, 0.1) is 12.4 Å². The number of rotatable bonds is 14. The van der Waals surface area contributed by atoms with E-state index in [4.69, 9.17) is 11.5 Å². The summed E-state index contributed by atoms with van der Waals surface area (Å²) in [6, 6.07) is 5.48. The number of amides is 3. The largest absolute Gasteiger partial charge is 0.480 e. The first-order valence-electron chi connectivity index (χ1n) is 12.9. The predicted octanol–water partition coefficient (Wildman–Crippen LogP) is -0.304. The monoisotopic (exact) mass is 527 g/mol. The van der Waals surface area contributed by atoms with Gasteiger partial charge in [-0.3, -0.25) is 14.4 Å². The number of benzene rings is 1.